The fourth-order valence-electron chi connectivity index (χ4n) is 2.11. The first-order valence-electron chi connectivity index (χ1n) is 4.66. The minimum atomic E-state index is -0.130. The van der Waals surface area contributed by atoms with E-state index in [0.717, 1.165) is 16.6 Å². The van der Waals surface area contributed by atoms with Crippen LogP contribution in [0.2, 0.25) is 0 Å². The number of hydrogen-bond acceptors (Lipinski definition) is 2. The van der Waals surface area contributed by atoms with Crippen LogP contribution in [0.15, 0.2) is 30.3 Å². The summed E-state index contributed by atoms with van der Waals surface area (Å²) in [5.41, 5.74) is 7.77. The molecule has 0 spiro atoms. The molecule has 1 atom stereocenters. The number of fused-ring (bicyclic) bond motifs is 3. The van der Waals surface area contributed by atoms with Gasteiger partial charge in [-0.25, -0.2) is 0 Å². The maximum Gasteiger partial charge on any atom is 0.233 e. The van der Waals surface area contributed by atoms with Crippen molar-refractivity contribution >= 4 is 16.8 Å². The Kier molecular flexibility index (Phi) is 1.36. The third-order valence-corrected chi connectivity index (χ3v) is 2.76. The third-order valence-electron chi connectivity index (χ3n) is 2.76. The summed E-state index contributed by atoms with van der Waals surface area (Å²) >= 11 is 0. The zero-order valence-electron chi connectivity index (χ0n) is 7.60. The van der Waals surface area contributed by atoms with Crippen molar-refractivity contribution in [2.75, 3.05) is 0 Å². The highest BCUT2D eigenvalue weighted by Crippen LogP contribution is 2.30. The number of carbonyl (C=O) groups is 1. The Morgan fingerprint density at radius 2 is 2.14 bits per heavy atom. The maximum atomic E-state index is 11.6. The number of benzene rings is 1. The molecule has 0 aliphatic carbocycles. The molecule has 1 aliphatic heterocycles. The molecular weight excluding hydrogens is 176 g/mol. The Bertz CT molecular complexity index is 527. The lowest BCUT2D eigenvalue weighted by atomic mass is 10.2. The van der Waals surface area contributed by atoms with Gasteiger partial charge in [-0.3, -0.25) is 9.36 Å². The lowest BCUT2D eigenvalue weighted by Crippen LogP contribution is -2.05. The van der Waals surface area contributed by atoms with E-state index in [4.69, 9.17) is 5.73 Å². The first-order valence-corrected chi connectivity index (χ1v) is 4.66. The molecular formula is C11H10N2O. The summed E-state index contributed by atoms with van der Waals surface area (Å²) in [6.07, 6.45) is 0.431. The Morgan fingerprint density at radius 1 is 1.36 bits per heavy atom. The van der Waals surface area contributed by atoms with Gasteiger partial charge in [0.1, 0.15) is 0 Å². The maximum absolute atomic E-state index is 11.6. The zero-order valence-corrected chi connectivity index (χ0v) is 7.60. The van der Waals surface area contributed by atoms with Gasteiger partial charge in [-0.2, -0.15) is 0 Å². The van der Waals surface area contributed by atoms with Crippen LogP contribution in [0, 0.1) is 0 Å². The van der Waals surface area contributed by atoms with Crippen LogP contribution in [0.5, 0.6) is 0 Å². The van der Waals surface area contributed by atoms with Gasteiger partial charge >= 0.3 is 0 Å². The van der Waals surface area contributed by atoms with E-state index in [0.29, 0.717) is 6.42 Å². The highest BCUT2D eigenvalue weighted by Gasteiger charge is 2.27. The molecule has 1 aromatic heterocycles. The van der Waals surface area contributed by atoms with Gasteiger partial charge in [0.05, 0.1) is 11.6 Å². The molecule has 0 radical (unpaired) electrons. The second-order valence-corrected chi connectivity index (χ2v) is 3.67. The number of aromatic nitrogens is 1. The fraction of sp³-hybridized carbons (Fsp3) is 0.182. The molecule has 0 fully saturated rings. The van der Waals surface area contributed by atoms with Crippen LogP contribution in [0.3, 0.4) is 0 Å². The molecule has 0 saturated heterocycles. The standard InChI is InChI=1S/C11H10N2O/c12-8-6-11(14)13-9-4-2-1-3-7(9)5-10(8)13/h1-5,8H,6,12H2. The summed E-state index contributed by atoms with van der Waals surface area (Å²) in [5, 5.41) is 1.09. The summed E-state index contributed by atoms with van der Waals surface area (Å²) in [6, 6.07) is 9.73. The van der Waals surface area contributed by atoms with Gasteiger partial charge in [-0.1, -0.05) is 18.2 Å². The van der Waals surface area contributed by atoms with Gasteiger partial charge in [-0.15, -0.1) is 0 Å². The van der Waals surface area contributed by atoms with Crippen molar-refractivity contribution in [2.45, 2.75) is 12.5 Å². The van der Waals surface area contributed by atoms with Crippen molar-refractivity contribution in [3.05, 3.63) is 36.0 Å². The van der Waals surface area contributed by atoms with Crippen molar-refractivity contribution in [3.63, 3.8) is 0 Å². The normalized spacial score (nSPS) is 20.4. The van der Waals surface area contributed by atoms with Crippen LogP contribution >= 0.6 is 0 Å². The van der Waals surface area contributed by atoms with Gasteiger partial charge in [0, 0.05) is 17.5 Å². The van der Waals surface area contributed by atoms with Crippen LogP contribution in [0.4, 0.5) is 0 Å². The number of carbonyl (C=O) groups excluding carboxylic acids is 1. The van der Waals surface area contributed by atoms with E-state index in [1.165, 1.54) is 0 Å². The van der Waals surface area contributed by atoms with Crippen molar-refractivity contribution in [3.8, 4) is 0 Å². The second kappa shape index (κ2) is 2.45. The van der Waals surface area contributed by atoms with E-state index in [-0.39, 0.29) is 11.9 Å². The van der Waals surface area contributed by atoms with E-state index < -0.39 is 0 Å². The summed E-state index contributed by atoms with van der Waals surface area (Å²) in [6.45, 7) is 0. The average Bonchev–Trinajstić information content (AvgIpc) is 2.66. The first-order chi connectivity index (χ1) is 6.77. The van der Waals surface area contributed by atoms with Crippen LogP contribution in [0.25, 0.3) is 10.9 Å². The Hall–Kier alpha value is -1.61. The Morgan fingerprint density at radius 3 is 3.00 bits per heavy atom. The van der Waals surface area contributed by atoms with E-state index in [1.54, 1.807) is 4.57 Å². The van der Waals surface area contributed by atoms with Crippen LogP contribution in [-0.4, -0.2) is 10.5 Å². The van der Waals surface area contributed by atoms with E-state index in [2.05, 4.69) is 0 Å². The Labute approximate surface area is 81.1 Å². The topological polar surface area (TPSA) is 48.0 Å². The van der Waals surface area contributed by atoms with E-state index >= 15 is 0 Å². The van der Waals surface area contributed by atoms with E-state index in [1.807, 2.05) is 30.3 Å². The van der Waals surface area contributed by atoms with Gasteiger partial charge in [0.15, 0.2) is 0 Å². The predicted molar refractivity (Wildman–Crippen MR) is 54.1 cm³/mol. The fourth-order valence-corrected chi connectivity index (χ4v) is 2.11. The average molecular weight is 186 g/mol. The number of nitrogens with zero attached hydrogens (tertiary/aromatic N) is 1. The van der Waals surface area contributed by atoms with Crippen LogP contribution in [0.1, 0.15) is 23.0 Å². The van der Waals surface area contributed by atoms with Crippen LogP contribution in [-0.2, 0) is 0 Å². The predicted octanol–water partition coefficient (Wildman–Crippen LogP) is 1.68. The van der Waals surface area contributed by atoms with Gasteiger partial charge in [0.2, 0.25) is 5.91 Å². The molecule has 14 heavy (non-hydrogen) atoms. The van der Waals surface area contributed by atoms with Crippen molar-refractivity contribution < 1.29 is 4.79 Å². The lowest BCUT2D eigenvalue weighted by Gasteiger charge is -1.97. The summed E-state index contributed by atoms with van der Waals surface area (Å²) in [4.78, 5) is 11.6. The minimum Gasteiger partial charge on any atom is -0.322 e. The molecule has 0 bridgehead atoms. The third kappa shape index (κ3) is 0.822. The smallest absolute Gasteiger partial charge is 0.233 e. The monoisotopic (exact) mass is 186 g/mol. The van der Waals surface area contributed by atoms with Gasteiger partial charge < -0.3 is 5.73 Å². The molecule has 0 amide bonds. The molecule has 1 aromatic carbocycles. The number of nitrogens with two attached hydrogens (primary N) is 1. The van der Waals surface area contributed by atoms with Crippen molar-refractivity contribution in [1.29, 1.82) is 0 Å². The molecule has 0 saturated carbocycles. The molecule has 3 nitrogen and oxygen atoms in total. The summed E-state index contributed by atoms with van der Waals surface area (Å²) in [5.74, 6) is 0.105. The molecule has 2 aromatic rings. The van der Waals surface area contributed by atoms with Crippen molar-refractivity contribution in [1.82, 2.24) is 4.57 Å². The molecule has 3 heteroatoms. The van der Waals surface area contributed by atoms with Crippen LogP contribution < -0.4 is 5.73 Å². The highest BCUT2D eigenvalue weighted by molar-refractivity contribution is 5.96. The largest absolute Gasteiger partial charge is 0.322 e. The number of para-hydroxylation sites is 1. The molecule has 2 heterocycles. The molecule has 3 rings (SSSR count). The van der Waals surface area contributed by atoms with Gasteiger partial charge in [-0.05, 0) is 12.1 Å². The quantitative estimate of drug-likeness (QED) is 0.680. The first kappa shape index (κ1) is 7.76. The van der Waals surface area contributed by atoms with E-state index in [9.17, 15) is 4.79 Å². The summed E-state index contributed by atoms with van der Waals surface area (Å²) < 4.78 is 1.74. The molecule has 70 valence electrons. The lowest BCUT2D eigenvalue weighted by molar-refractivity contribution is 0.0925. The molecule has 1 unspecified atom stereocenters. The zero-order chi connectivity index (χ0) is 9.71. The molecule has 1 aliphatic rings. The second-order valence-electron chi connectivity index (χ2n) is 3.67. The summed E-state index contributed by atoms with van der Waals surface area (Å²) in [7, 11) is 0. The van der Waals surface area contributed by atoms with Crippen molar-refractivity contribution in [2.24, 2.45) is 5.73 Å². The minimum absolute atomic E-state index is 0.105. The SMILES string of the molecule is NC1CC(=O)n2c1cc1ccccc12. The number of hydrogen-bond donors (Lipinski definition) is 1. The highest BCUT2D eigenvalue weighted by atomic mass is 16.2. The Balaban J connectivity index is 2.43. The number of rotatable bonds is 0. The molecule has 2 N–H and O–H groups in total. The van der Waals surface area contributed by atoms with Gasteiger partial charge in [0.25, 0.3) is 0 Å².